The number of hydrogen-bond donors (Lipinski definition) is 1. The lowest BCUT2D eigenvalue weighted by molar-refractivity contribution is 0.0934. The number of amides is 1. The molecule has 0 saturated carbocycles. The summed E-state index contributed by atoms with van der Waals surface area (Å²) in [5.41, 5.74) is 2.35. The zero-order valence-electron chi connectivity index (χ0n) is 20.0. The first kappa shape index (κ1) is 24.3. The van der Waals surface area contributed by atoms with Crippen LogP contribution in [0.5, 0.6) is 11.5 Å². The van der Waals surface area contributed by atoms with Crippen LogP contribution in [0, 0.1) is 0 Å². The molecule has 0 aliphatic heterocycles. The number of oxazole rings is 1. The van der Waals surface area contributed by atoms with Gasteiger partial charge in [-0.25, -0.2) is 4.98 Å². The van der Waals surface area contributed by atoms with Crippen molar-refractivity contribution in [3.8, 4) is 11.5 Å². The summed E-state index contributed by atoms with van der Waals surface area (Å²) in [6, 6.07) is 15.8. The van der Waals surface area contributed by atoms with Crippen LogP contribution in [0.25, 0.3) is 0 Å². The standard InChI is InChI=1S/C26H33N3O4/c1-6-18(2)29(15-21-12-13-22(31-4)14-24(21)32-5)16-25-28-23(17-33-25)26(30)27-19(3)20-10-8-7-9-11-20/h7-14,17-19H,6,15-16H2,1-5H3,(H,27,30)/t18-,19+/m0/s1. The second-order valence-corrected chi connectivity index (χ2v) is 8.07. The summed E-state index contributed by atoms with van der Waals surface area (Å²) < 4.78 is 16.5. The Morgan fingerprint density at radius 3 is 2.52 bits per heavy atom. The average molecular weight is 452 g/mol. The van der Waals surface area contributed by atoms with Crippen molar-refractivity contribution in [2.45, 2.75) is 52.4 Å². The highest BCUT2D eigenvalue weighted by molar-refractivity contribution is 5.92. The highest BCUT2D eigenvalue weighted by Crippen LogP contribution is 2.27. The molecule has 1 aromatic heterocycles. The summed E-state index contributed by atoms with van der Waals surface area (Å²) in [7, 11) is 3.29. The molecule has 0 aliphatic carbocycles. The van der Waals surface area contributed by atoms with Crippen LogP contribution in [0.15, 0.2) is 59.2 Å². The van der Waals surface area contributed by atoms with Crippen LogP contribution in [-0.2, 0) is 13.1 Å². The fourth-order valence-corrected chi connectivity index (χ4v) is 3.58. The van der Waals surface area contributed by atoms with Crippen LogP contribution < -0.4 is 14.8 Å². The third kappa shape index (κ3) is 6.35. The van der Waals surface area contributed by atoms with Crippen molar-refractivity contribution in [2.75, 3.05) is 14.2 Å². The van der Waals surface area contributed by atoms with Crippen molar-refractivity contribution in [3.05, 3.63) is 77.5 Å². The van der Waals surface area contributed by atoms with E-state index < -0.39 is 0 Å². The topological polar surface area (TPSA) is 76.8 Å². The minimum absolute atomic E-state index is 0.127. The molecule has 0 aliphatic rings. The van der Waals surface area contributed by atoms with E-state index in [0.717, 1.165) is 29.0 Å². The molecule has 0 unspecified atom stereocenters. The second kappa shape index (κ2) is 11.5. The molecule has 1 amide bonds. The van der Waals surface area contributed by atoms with Gasteiger partial charge in [-0.2, -0.15) is 0 Å². The highest BCUT2D eigenvalue weighted by Gasteiger charge is 2.21. The van der Waals surface area contributed by atoms with E-state index in [1.807, 2.05) is 55.5 Å². The molecule has 7 nitrogen and oxygen atoms in total. The minimum atomic E-state index is -0.256. The number of nitrogens with one attached hydrogen (secondary N) is 1. The maximum Gasteiger partial charge on any atom is 0.273 e. The molecule has 3 aromatic rings. The first-order valence-corrected chi connectivity index (χ1v) is 11.2. The van der Waals surface area contributed by atoms with Crippen molar-refractivity contribution in [3.63, 3.8) is 0 Å². The smallest absolute Gasteiger partial charge is 0.273 e. The van der Waals surface area contributed by atoms with E-state index in [0.29, 0.717) is 19.0 Å². The molecular weight excluding hydrogens is 418 g/mol. The van der Waals surface area contributed by atoms with Gasteiger partial charge >= 0.3 is 0 Å². The fraction of sp³-hybridized carbons (Fsp3) is 0.385. The van der Waals surface area contributed by atoms with E-state index in [2.05, 4.69) is 29.0 Å². The van der Waals surface area contributed by atoms with Gasteiger partial charge in [0.15, 0.2) is 5.69 Å². The van der Waals surface area contributed by atoms with Crippen LogP contribution in [0.1, 0.15) is 60.7 Å². The van der Waals surface area contributed by atoms with E-state index in [4.69, 9.17) is 13.9 Å². The fourth-order valence-electron chi connectivity index (χ4n) is 3.58. The number of hydrogen-bond acceptors (Lipinski definition) is 6. The zero-order valence-corrected chi connectivity index (χ0v) is 20.0. The van der Waals surface area contributed by atoms with E-state index in [-0.39, 0.29) is 23.7 Å². The maximum atomic E-state index is 12.7. The van der Waals surface area contributed by atoms with Crippen molar-refractivity contribution in [1.29, 1.82) is 0 Å². The third-order valence-corrected chi connectivity index (χ3v) is 5.85. The van der Waals surface area contributed by atoms with Gasteiger partial charge in [-0.05, 0) is 31.9 Å². The molecule has 1 N–H and O–H groups in total. The number of methoxy groups -OCH3 is 2. The van der Waals surface area contributed by atoms with Crippen molar-refractivity contribution in [2.24, 2.45) is 0 Å². The summed E-state index contributed by atoms with van der Waals surface area (Å²) in [5, 5.41) is 2.98. The van der Waals surface area contributed by atoms with Gasteiger partial charge in [0.1, 0.15) is 17.8 Å². The number of rotatable bonds is 11. The van der Waals surface area contributed by atoms with Crippen LogP contribution >= 0.6 is 0 Å². The van der Waals surface area contributed by atoms with Gasteiger partial charge in [0, 0.05) is 24.2 Å². The molecule has 1 heterocycles. The van der Waals surface area contributed by atoms with Gasteiger partial charge < -0.3 is 19.2 Å². The highest BCUT2D eigenvalue weighted by atomic mass is 16.5. The van der Waals surface area contributed by atoms with Gasteiger partial charge in [-0.1, -0.05) is 43.3 Å². The predicted molar refractivity (Wildman–Crippen MR) is 127 cm³/mol. The Morgan fingerprint density at radius 2 is 1.85 bits per heavy atom. The Hall–Kier alpha value is -3.32. The number of benzene rings is 2. The summed E-state index contributed by atoms with van der Waals surface area (Å²) in [6.45, 7) is 7.38. The maximum absolute atomic E-state index is 12.7. The number of carbonyl (C=O) groups excluding carboxylic acids is 1. The first-order valence-electron chi connectivity index (χ1n) is 11.2. The molecule has 2 atom stereocenters. The molecule has 0 bridgehead atoms. The monoisotopic (exact) mass is 451 g/mol. The Kier molecular flexibility index (Phi) is 8.49. The minimum Gasteiger partial charge on any atom is -0.497 e. The van der Waals surface area contributed by atoms with E-state index in [1.54, 1.807) is 14.2 Å². The normalized spacial score (nSPS) is 12.9. The summed E-state index contributed by atoms with van der Waals surface area (Å²) in [4.78, 5) is 19.4. The van der Waals surface area contributed by atoms with Gasteiger partial charge in [0.05, 0.1) is 26.8 Å². The molecule has 0 fully saturated rings. The molecule has 3 rings (SSSR count). The van der Waals surface area contributed by atoms with Gasteiger partial charge in [-0.15, -0.1) is 0 Å². The van der Waals surface area contributed by atoms with Crippen LogP contribution in [0.2, 0.25) is 0 Å². The lowest BCUT2D eigenvalue weighted by Gasteiger charge is -2.27. The SMILES string of the molecule is CC[C@H](C)N(Cc1nc(C(=O)N[C@H](C)c2ccccc2)co1)Cc1ccc(OC)cc1OC. The quantitative estimate of drug-likeness (QED) is 0.443. The lowest BCUT2D eigenvalue weighted by Crippen LogP contribution is -2.32. The Bertz CT molecular complexity index is 1040. The molecular formula is C26H33N3O4. The van der Waals surface area contributed by atoms with E-state index in [1.165, 1.54) is 6.26 Å². The van der Waals surface area contributed by atoms with Gasteiger partial charge in [0.2, 0.25) is 5.89 Å². The van der Waals surface area contributed by atoms with Crippen molar-refractivity contribution >= 4 is 5.91 Å². The largest absolute Gasteiger partial charge is 0.497 e. The zero-order chi connectivity index (χ0) is 23.8. The summed E-state index contributed by atoms with van der Waals surface area (Å²) in [5.74, 6) is 1.76. The Morgan fingerprint density at radius 1 is 1.09 bits per heavy atom. The molecule has 176 valence electrons. The molecule has 33 heavy (non-hydrogen) atoms. The van der Waals surface area contributed by atoms with Crippen LogP contribution in [0.3, 0.4) is 0 Å². The van der Waals surface area contributed by atoms with Crippen molar-refractivity contribution in [1.82, 2.24) is 15.2 Å². The predicted octanol–water partition coefficient (Wildman–Crippen LogP) is 4.98. The number of carbonyl (C=O) groups is 1. The number of nitrogens with zero attached hydrogens (tertiary/aromatic N) is 2. The second-order valence-electron chi connectivity index (χ2n) is 8.07. The van der Waals surface area contributed by atoms with Crippen LogP contribution in [0.4, 0.5) is 0 Å². The number of aromatic nitrogens is 1. The molecule has 0 saturated heterocycles. The Labute approximate surface area is 195 Å². The summed E-state index contributed by atoms with van der Waals surface area (Å²) in [6.07, 6.45) is 2.38. The summed E-state index contributed by atoms with van der Waals surface area (Å²) >= 11 is 0. The first-order chi connectivity index (χ1) is 15.9. The number of ether oxygens (including phenoxy) is 2. The average Bonchev–Trinajstić information content (AvgIpc) is 3.32. The molecule has 0 spiro atoms. The third-order valence-electron chi connectivity index (χ3n) is 5.85. The van der Waals surface area contributed by atoms with Crippen molar-refractivity contribution < 1.29 is 18.7 Å². The molecule has 2 aromatic carbocycles. The lowest BCUT2D eigenvalue weighted by atomic mass is 10.1. The molecule has 7 heteroatoms. The van der Waals surface area contributed by atoms with Gasteiger partial charge in [0.25, 0.3) is 5.91 Å². The van der Waals surface area contributed by atoms with Crippen LogP contribution in [-0.4, -0.2) is 36.1 Å². The van der Waals surface area contributed by atoms with E-state index in [9.17, 15) is 4.79 Å². The van der Waals surface area contributed by atoms with Gasteiger partial charge in [-0.3, -0.25) is 9.69 Å². The Balaban J connectivity index is 1.70. The molecule has 0 radical (unpaired) electrons. The van der Waals surface area contributed by atoms with E-state index >= 15 is 0 Å².